The van der Waals surface area contributed by atoms with Gasteiger partial charge in [-0.25, -0.2) is 14.5 Å². The molecule has 4 aromatic rings. The largest absolute Gasteiger partial charge is 0.494 e. The third-order valence-electron chi connectivity index (χ3n) is 4.58. The summed E-state index contributed by atoms with van der Waals surface area (Å²) >= 11 is 1.40. The molecule has 2 heterocycles. The van der Waals surface area contributed by atoms with Gasteiger partial charge >= 0.3 is 0 Å². The lowest BCUT2D eigenvalue weighted by Crippen LogP contribution is -2.20. The highest BCUT2D eigenvalue weighted by atomic mass is 32.1. The number of aliphatic imine (C=N–C) groups is 1. The highest BCUT2D eigenvalue weighted by Gasteiger charge is 2.16. The number of thiazole rings is 1. The summed E-state index contributed by atoms with van der Waals surface area (Å²) in [6.45, 7) is 3.99. The van der Waals surface area contributed by atoms with E-state index in [1.165, 1.54) is 15.9 Å². The monoisotopic (exact) mass is 375 g/mol. The minimum Gasteiger partial charge on any atom is -0.494 e. The van der Waals surface area contributed by atoms with Gasteiger partial charge in [-0.3, -0.25) is 4.79 Å². The van der Waals surface area contributed by atoms with Crippen LogP contribution >= 0.6 is 11.3 Å². The number of hydrogen-bond donors (Lipinski definition) is 1. The summed E-state index contributed by atoms with van der Waals surface area (Å²) in [7, 11) is 0. The molecule has 0 fully saturated rings. The van der Waals surface area contributed by atoms with Crippen molar-refractivity contribution in [2.45, 2.75) is 13.8 Å². The zero-order valence-electron chi connectivity index (χ0n) is 14.9. The van der Waals surface area contributed by atoms with E-state index in [1.54, 1.807) is 18.5 Å². The molecule has 2 aromatic carbocycles. The standard InChI is InChI=1S/C21H17N3O2S/c1-13-7-8-15(11-14(13)2)24-19(25)17-6-4-3-5-16(17)18(20(24)26)12-23-21-22-9-10-27-21/h3-12,26H,1-2H3. The SMILES string of the molecule is Cc1ccc(-n2c(O)c(C=Nc3nccs3)c3ccccc3c2=O)cc1C. The van der Waals surface area contributed by atoms with Crippen molar-refractivity contribution in [1.82, 2.24) is 9.55 Å². The second kappa shape index (κ2) is 6.81. The maximum Gasteiger partial charge on any atom is 0.265 e. The smallest absolute Gasteiger partial charge is 0.265 e. The van der Waals surface area contributed by atoms with Crippen LogP contribution in [0.5, 0.6) is 5.88 Å². The Hall–Kier alpha value is -3.25. The summed E-state index contributed by atoms with van der Waals surface area (Å²) in [4.78, 5) is 21.6. The zero-order valence-corrected chi connectivity index (χ0v) is 15.7. The number of aryl methyl sites for hydroxylation is 2. The summed E-state index contributed by atoms with van der Waals surface area (Å²) in [5.74, 6) is -0.137. The van der Waals surface area contributed by atoms with Crippen molar-refractivity contribution < 1.29 is 5.11 Å². The minimum atomic E-state index is -0.266. The molecule has 0 amide bonds. The van der Waals surface area contributed by atoms with E-state index in [0.717, 1.165) is 11.1 Å². The second-order valence-corrected chi connectivity index (χ2v) is 7.14. The van der Waals surface area contributed by atoms with E-state index in [0.29, 0.717) is 27.2 Å². The van der Waals surface area contributed by atoms with Crippen LogP contribution in [0.3, 0.4) is 0 Å². The van der Waals surface area contributed by atoms with Crippen molar-refractivity contribution in [3.05, 3.63) is 81.1 Å². The Kier molecular flexibility index (Phi) is 4.33. The maximum absolute atomic E-state index is 13.1. The van der Waals surface area contributed by atoms with Crippen LogP contribution < -0.4 is 5.56 Å². The Bertz CT molecular complexity index is 1220. The first-order valence-corrected chi connectivity index (χ1v) is 9.32. The second-order valence-electron chi connectivity index (χ2n) is 6.26. The van der Waals surface area contributed by atoms with Crippen LogP contribution in [0.25, 0.3) is 16.5 Å². The molecule has 0 bridgehead atoms. The maximum atomic E-state index is 13.1. The van der Waals surface area contributed by atoms with Crippen LogP contribution in [0.1, 0.15) is 16.7 Å². The first-order chi connectivity index (χ1) is 13.1. The van der Waals surface area contributed by atoms with E-state index in [4.69, 9.17) is 0 Å². The molecule has 0 spiro atoms. The third-order valence-corrected chi connectivity index (χ3v) is 5.25. The van der Waals surface area contributed by atoms with Gasteiger partial charge in [-0.15, -0.1) is 11.3 Å². The van der Waals surface area contributed by atoms with Gasteiger partial charge < -0.3 is 5.11 Å². The Morgan fingerprint density at radius 1 is 1.11 bits per heavy atom. The molecule has 1 N–H and O–H groups in total. The number of rotatable bonds is 3. The molecule has 6 heteroatoms. The Balaban J connectivity index is 2.02. The van der Waals surface area contributed by atoms with Crippen LogP contribution in [0, 0.1) is 13.8 Å². The average Bonchev–Trinajstić information content (AvgIpc) is 3.18. The topological polar surface area (TPSA) is 67.5 Å². The normalized spacial score (nSPS) is 11.5. The minimum absolute atomic E-state index is 0.137. The fourth-order valence-corrected chi connectivity index (χ4v) is 3.47. The lowest BCUT2D eigenvalue weighted by molar-refractivity contribution is 0.436. The molecule has 134 valence electrons. The van der Waals surface area contributed by atoms with Gasteiger partial charge in [-0.1, -0.05) is 24.3 Å². The molecule has 5 nitrogen and oxygen atoms in total. The molecule has 0 aliphatic rings. The molecular weight excluding hydrogens is 358 g/mol. The summed E-state index contributed by atoms with van der Waals surface area (Å²) in [6.07, 6.45) is 3.23. The third kappa shape index (κ3) is 3.04. The van der Waals surface area contributed by atoms with E-state index in [-0.39, 0.29) is 11.4 Å². The van der Waals surface area contributed by atoms with E-state index < -0.39 is 0 Å². The van der Waals surface area contributed by atoms with Gasteiger partial charge in [-0.05, 0) is 43.2 Å². The van der Waals surface area contributed by atoms with Gasteiger partial charge in [0.05, 0.1) is 11.3 Å². The number of aromatic nitrogens is 2. The van der Waals surface area contributed by atoms with Crippen molar-refractivity contribution in [3.63, 3.8) is 0 Å². The van der Waals surface area contributed by atoms with Crippen LogP contribution in [0.15, 0.2) is 63.8 Å². The van der Waals surface area contributed by atoms with E-state index in [1.807, 2.05) is 55.6 Å². The van der Waals surface area contributed by atoms with E-state index in [2.05, 4.69) is 9.98 Å². The summed E-state index contributed by atoms with van der Waals surface area (Å²) < 4.78 is 1.33. The number of fused-ring (bicyclic) bond motifs is 1. The van der Waals surface area contributed by atoms with Crippen LogP contribution in [0.2, 0.25) is 0 Å². The molecule has 4 rings (SSSR count). The number of benzene rings is 2. The van der Waals surface area contributed by atoms with Gasteiger partial charge in [0.15, 0.2) is 0 Å². The van der Waals surface area contributed by atoms with Crippen LogP contribution in [-0.4, -0.2) is 20.9 Å². The van der Waals surface area contributed by atoms with Gasteiger partial charge in [0.25, 0.3) is 5.56 Å². The quantitative estimate of drug-likeness (QED) is 0.535. The van der Waals surface area contributed by atoms with Crippen molar-refractivity contribution >= 4 is 33.5 Å². The molecule has 0 saturated carbocycles. The predicted octanol–water partition coefficient (Wildman–Crippen LogP) is 4.52. The Morgan fingerprint density at radius 2 is 1.89 bits per heavy atom. The fourth-order valence-electron chi connectivity index (χ4n) is 2.99. The molecule has 0 aliphatic carbocycles. The van der Waals surface area contributed by atoms with Crippen LogP contribution in [-0.2, 0) is 0 Å². The fraction of sp³-hybridized carbons (Fsp3) is 0.0952. The Morgan fingerprint density at radius 3 is 2.59 bits per heavy atom. The van der Waals surface area contributed by atoms with Gasteiger partial charge in [0, 0.05) is 28.6 Å². The number of hydrogen-bond acceptors (Lipinski definition) is 5. The van der Waals surface area contributed by atoms with Crippen molar-refractivity contribution in [2.24, 2.45) is 4.99 Å². The first kappa shape index (κ1) is 17.2. The molecule has 0 atom stereocenters. The molecule has 0 saturated heterocycles. The van der Waals surface area contributed by atoms with E-state index >= 15 is 0 Å². The number of nitrogens with zero attached hydrogens (tertiary/aromatic N) is 3. The van der Waals surface area contributed by atoms with Gasteiger partial charge in [-0.2, -0.15) is 0 Å². The lowest BCUT2D eigenvalue weighted by Gasteiger charge is -2.14. The van der Waals surface area contributed by atoms with Gasteiger partial charge in [0.1, 0.15) is 0 Å². The summed E-state index contributed by atoms with van der Waals surface area (Å²) in [6, 6.07) is 12.9. The van der Waals surface area contributed by atoms with Gasteiger partial charge in [0.2, 0.25) is 11.0 Å². The molecule has 0 radical (unpaired) electrons. The predicted molar refractivity (Wildman–Crippen MR) is 110 cm³/mol. The molecule has 2 aromatic heterocycles. The zero-order chi connectivity index (χ0) is 19.0. The summed E-state index contributed by atoms with van der Waals surface area (Å²) in [5.41, 5.74) is 3.01. The summed E-state index contributed by atoms with van der Waals surface area (Å²) in [5, 5.41) is 14.6. The Labute approximate surface area is 159 Å². The lowest BCUT2D eigenvalue weighted by atomic mass is 10.1. The molecular formula is C21H17N3O2S. The first-order valence-electron chi connectivity index (χ1n) is 8.44. The number of pyridine rings is 1. The number of aromatic hydroxyl groups is 1. The molecule has 0 unspecified atom stereocenters. The van der Waals surface area contributed by atoms with Crippen molar-refractivity contribution in [3.8, 4) is 11.6 Å². The molecule has 0 aliphatic heterocycles. The highest BCUT2D eigenvalue weighted by molar-refractivity contribution is 7.13. The van der Waals surface area contributed by atoms with Crippen molar-refractivity contribution in [2.75, 3.05) is 0 Å². The van der Waals surface area contributed by atoms with E-state index in [9.17, 15) is 9.90 Å². The van der Waals surface area contributed by atoms with Crippen molar-refractivity contribution in [1.29, 1.82) is 0 Å². The van der Waals surface area contributed by atoms with Crippen LogP contribution in [0.4, 0.5) is 5.13 Å². The average molecular weight is 375 g/mol. The highest BCUT2D eigenvalue weighted by Crippen LogP contribution is 2.27. The molecule has 27 heavy (non-hydrogen) atoms.